The van der Waals surface area contributed by atoms with Crippen molar-refractivity contribution in [2.75, 3.05) is 41.3 Å². The highest BCUT2D eigenvalue weighted by Crippen LogP contribution is 2.42. The number of carbonyl (C=O) groups excluding carboxylic acids is 1. The lowest BCUT2D eigenvalue weighted by molar-refractivity contribution is 0.0786. The fraction of sp³-hybridized carbons (Fsp3) is 0.304. The molecule has 2 aromatic heterocycles. The van der Waals surface area contributed by atoms with Gasteiger partial charge in [0.05, 0.1) is 6.04 Å². The Morgan fingerprint density at radius 1 is 1.19 bits per heavy atom. The number of hydrazine groups is 1. The summed E-state index contributed by atoms with van der Waals surface area (Å²) in [4.78, 5) is 28.2. The Bertz CT molecular complexity index is 1220. The molecule has 3 aromatic rings. The van der Waals surface area contributed by atoms with E-state index in [2.05, 4.69) is 36.4 Å². The lowest BCUT2D eigenvalue weighted by Gasteiger charge is -2.23. The maximum Gasteiger partial charge on any atom is 0.253 e. The van der Waals surface area contributed by atoms with Crippen LogP contribution in [0.2, 0.25) is 0 Å². The number of amides is 1. The summed E-state index contributed by atoms with van der Waals surface area (Å²) in [6.07, 6.45) is 5.88. The number of fused-ring (bicyclic) bond motifs is 4. The van der Waals surface area contributed by atoms with Crippen molar-refractivity contribution in [1.29, 1.82) is 0 Å². The van der Waals surface area contributed by atoms with Crippen LogP contribution in [-0.2, 0) is 0 Å². The number of rotatable bonds is 5. The number of aromatic amines is 2. The number of hydrogen-bond donors (Lipinski definition) is 3. The van der Waals surface area contributed by atoms with Gasteiger partial charge in [-0.05, 0) is 38.4 Å². The largest absolute Gasteiger partial charge is 0.360 e. The monoisotopic (exact) mass is 417 g/mol. The molecule has 0 fully saturated rings. The molecule has 1 atom stereocenters. The van der Waals surface area contributed by atoms with Gasteiger partial charge in [-0.2, -0.15) is 0 Å². The zero-order chi connectivity index (χ0) is 21.7. The van der Waals surface area contributed by atoms with E-state index in [9.17, 15) is 4.79 Å². The SMILES string of the molecule is CN(C)CCN(C)C(=O)c1ccc2[nH]cc(-c3cc4c([nH]3)N=CC3=CNN(C)C34)c2c1. The predicted molar refractivity (Wildman–Crippen MR) is 123 cm³/mol. The normalized spacial score (nSPS) is 17.6. The zero-order valence-electron chi connectivity index (χ0n) is 18.2. The van der Waals surface area contributed by atoms with Crippen molar-refractivity contribution in [3.8, 4) is 11.3 Å². The standard InChI is InChI=1S/C23H27N7O/c1-28(2)7-8-29(3)23(31)14-5-6-19-16(9-14)18(13-24-19)20-10-17-21-15(12-26-30(21)4)11-25-22(17)27-20/h5-6,9-13,21,24,26-27H,7-8H2,1-4H3. The minimum atomic E-state index is 0.0275. The first-order valence-corrected chi connectivity index (χ1v) is 10.4. The van der Waals surface area contributed by atoms with Crippen LogP contribution < -0.4 is 5.43 Å². The van der Waals surface area contributed by atoms with Crippen molar-refractivity contribution < 1.29 is 4.79 Å². The van der Waals surface area contributed by atoms with Crippen molar-refractivity contribution in [3.63, 3.8) is 0 Å². The average molecular weight is 418 g/mol. The number of aliphatic imine (C=N–C) groups is 1. The molecule has 0 spiro atoms. The Morgan fingerprint density at radius 3 is 2.84 bits per heavy atom. The van der Waals surface area contributed by atoms with E-state index in [-0.39, 0.29) is 11.9 Å². The molecule has 2 aliphatic heterocycles. The van der Waals surface area contributed by atoms with Gasteiger partial charge in [-0.25, -0.2) is 10.0 Å². The van der Waals surface area contributed by atoms with Gasteiger partial charge in [0.15, 0.2) is 0 Å². The number of nitrogens with zero attached hydrogens (tertiary/aromatic N) is 4. The first kappa shape index (κ1) is 19.6. The van der Waals surface area contributed by atoms with Crippen molar-refractivity contribution in [3.05, 3.63) is 53.4 Å². The van der Waals surface area contributed by atoms with Crippen LogP contribution in [-0.4, -0.2) is 78.2 Å². The van der Waals surface area contributed by atoms with Gasteiger partial charge in [-0.15, -0.1) is 0 Å². The second kappa shape index (κ2) is 7.40. The lowest BCUT2D eigenvalue weighted by Crippen LogP contribution is -2.33. The van der Waals surface area contributed by atoms with Crippen LogP contribution in [0, 0.1) is 0 Å². The van der Waals surface area contributed by atoms with E-state index >= 15 is 0 Å². The maximum atomic E-state index is 12.9. The predicted octanol–water partition coefficient (Wildman–Crippen LogP) is 2.89. The summed E-state index contributed by atoms with van der Waals surface area (Å²) in [5, 5.41) is 3.09. The van der Waals surface area contributed by atoms with Crippen molar-refractivity contribution in [1.82, 2.24) is 30.2 Å². The van der Waals surface area contributed by atoms with Gasteiger partial charge < -0.3 is 25.2 Å². The van der Waals surface area contributed by atoms with Crippen LogP contribution in [0.25, 0.3) is 22.2 Å². The summed E-state index contributed by atoms with van der Waals surface area (Å²) < 4.78 is 0. The van der Waals surface area contributed by atoms with Crippen LogP contribution in [0.15, 0.2) is 47.2 Å². The fourth-order valence-electron chi connectivity index (χ4n) is 4.26. The van der Waals surface area contributed by atoms with E-state index in [1.807, 2.05) is 65.0 Å². The van der Waals surface area contributed by atoms with E-state index in [4.69, 9.17) is 0 Å². The van der Waals surface area contributed by atoms with Crippen LogP contribution in [0.4, 0.5) is 5.82 Å². The van der Waals surface area contributed by atoms with E-state index in [1.165, 1.54) is 0 Å². The van der Waals surface area contributed by atoms with E-state index < -0.39 is 0 Å². The molecule has 0 saturated carbocycles. The van der Waals surface area contributed by atoms with Gasteiger partial charge in [-0.3, -0.25) is 4.79 Å². The Morgan fingerprint density at radius 2 is 2.03 bits per heavy atom. The van der Waals surface area contributed by atoms with Gasteiger partial charge >= 0.3 is 0 Å². The molecule has 3 N–H and O–H groups in total. The summed E-state index contributed by atoms with van der Waals surface area (Å²) >= 11 is 0. The molecule has 2 aliphatic rings. The summed E-state index contributed by atoms with van der Waals surface area (Å²) in [7, 11) is 7.89. The molecule has 8 nitrogen and oxygen atoms in total. The van der Waals surface area contributed by atoms with Crippen molar-refractivity contribution in [2.45, 2.75) is 6.04 Å². The molecule has 0 aliphatic carbocycles. The molecule has 4 heterocycles. The van der Waals surface area contributed by atoms with E-state index in [1.54, 1.807) is 4.90 Å². The molecular formula is C23H27N7O. The maximum absolute atomic E-state index is 12.9. The number of likely N-dealkylation sites (N-methyl/N-ethyl adjacent to an activating group) is 3. The van der Waals surface area contributed by atoms with E-state index in [0.717, 1.165) is 45.7 Å². The lowest BCUT2D eigenvalue weighted by atomic mass is 9.99. The Hall–Kier alpha value is -3.36. The molecule has 0 saturated heterocycles. The number of H-pyrrole nitrogens is 2. The third-order valence-corrected chi connectivity index (χ3v) is 6.05. The number of aromatic nitrogens is 2. The minimum absolute atomic E-state index is 0.0275. The molecule has 160 valence electrons. The second-order valence-corrected chi connectivity index (χ2v) is 8.52. The Labute approximate surface area is 181 Å². The highest BCUT2D eigenvalue weighted by Gasteiger charge is 2.32. The molecule has 5 rings (SSSR count). The Balaban J connectivity index is 1.49. The van der Waals surface area contributed by atoms with Gasteiger partial charge in [0.25, 0.3) is 5.91 Å². The summed E-state index contributed by atoms with van der Waals surface area (Å²) in [5.41, 5.74) is 9.23. The van der Waals surface area contributed by atoms with Gasteiger partial charge in [-0.1, -0.05) is 0 Å². The van der Waals surface area contributed by atoms with Crippen LogP contribution in [0.5, 0.6) is 0 Å². The molecule has 1 unspecified atom stereocenters. The van der Waals surface area contributed by atoms with Crippen LogP contribution in [0.1, 0.15) is 22.0 Å². The topological polar surface area (TPSA) is 82.8 Å². The third-order valence-electron chi connectivity index (χ3n) is 6.05. The first-order valence-electron chi connectivity index (χ1n) is 10.4. The highest BCUT2D eigenvalue weighted by atomic mass is 16.2. The number of hydrogen-bond acceptors (Lipinski definition) is 5. The average Bonchev–Trinajstić information content (AvgIpc) is 3.46. The molecule has 8 heteroatoms. The number of benzene rings is 1. The molecule has 0 radical (unpaired) electrons. The van der Waals surface area contributed by atoms with Crippen LogP contribution >= 0.6 is 0 Å². The summed E-state index contributed by atoms with van der Waals surface area (Å²) in [6.45, 7) is 1.51. The Kier molecular flexibility index (Phi) is 4.68. The zero-order valence-corrected chi connectivity index (χ0v) is 18.2. The highest BCUT2D eigenvalue weighted by molar-refractivity contribution is 6.02. The van der Waals surface area contributed by atoms with Crippen molar-refractivity contribution >= 4 is 28.8 Å². The summed E-state index contributed by atoms with van der Waals surface area (Å²) in [5.74, 6) is 0.900. The quantitative estimate of drug-likeness (QED) is 0.596. The third kappa shape index (κ3) is 3.34. The van der Waals surface area contributed by atoms with Gasteiger partial charge in [0.1, 0.15) is 5.82 Å². The molecule has 31 heavy (non-hydrogen) atoms. The molecular weight excluding hydrogens is 390 g/mol. The minimum Gasteiger partial charge on any atom is -0.360 e. The number of nitrogens with one attached hydrogen (secondary N) is 3. The molecule has 1 aromatic carbocycles. The first-order chi connectivity index (χ1) is 14.9. The van der Waals surface area contributed by atoms with Gasteiger partial charge in [0, 0.05) is 84.7 Å². The fourth-order valence-corrected chi connectivity index (χ4v) is 4.26. The second-order valence-electron chi connectivity index (χ2n) is 8.52. The number of carbonyl (C=O) groups is 1. The summed E-state index contributed by atoms with van der Waals surface area (Å²) in [6, 6.07) is 8.14. The molecule has 1 amide bonds. The van der Waals surface area contributed by atoms with Crippen LogP contribution in [0.3, 0.4) is 0 Å². The van der Waals surface area contributed by atoms with E-state index in [0.29, 0.717) is 12.1 Å². The smallest absolute Gasteiger partial charge is 0.253 e. The molecule has 0 bridgehead atoms. The van der Waals surface area contributed by atoms with Crippen molar-refractivity contribution in [2.24, 2.45) is 4.99 Å². The van der Waals surface area contributed by atoms with Gasteiger partial charge in [0.2, 0.25) is 0 Å².